The molecule has 0 fully saturated rings. The van der Waals surface area contributed by atoms with E-state index in [1.54, 1.807) is 0 Å². The molecule has 5 heteroatoms. The Bertz CT molecular complexity index is 830. The van der Waals surface area contributed by atoms with Crippen LogP contribution in [0.2, 0.25) is 0 Å². The lowest BCUT2D eigenvalue weighted by Crippen LogP contribution is -2.39. The van der Waals surface area contributed by atoms with Gasteiger partial charge in [0, 0.05) is 30.2 Å². The summed E-state index contributed by atoms with van der Waals surface area (Å²) in [4.78, 5) is 24.9. The van der Waals surface area contributed by atoms with E-state index in [2.05, 4.69) is 19.2 Å². The summed E-state index contributed by atoms with van der Waals surface area (Å²) in [6.45, 7) is 8.55. The van der Waals surface area contributed by atoms with Crippen molar-refractivity contribution in [2.24, 2.45) is 5.41 Å². The van der Waals surface area contributed by atoms with E-state index < -0.39 is 0 Å². The van der Waals surface area contributed by atoms with Gasteiger partial charge in [-0.3, -0.25) is 4.79 Å². The second-order valence-corrected chi connectivity index (χ2v) is 7.76. The van der Waals surface area contributed by atoms with Crippen molar-refractivity contribution in [3.63, 3.8) is 0 Å². The first-order valence-corrected chi connectivity index (χ1v) is 9.32. The number of ether oxygens (including phenoxy) is 2. The maximum Gasteiger partial charge on any atom is 0.336 e. The quantitative estimate of drug-likeness (QED) is 0.817. The van der Waals surface area contributed by atoms with Crippen LogP contribution in [0.3, 0.4) is 0 Å². The van der Waals surface area contributed by atoms with Gasteiger partial charge in [-0.1, -0.05) is 26.0 Å². The van der Waals surface area contributed by atoms with Gasteiger partial charge >= 0.3 is 5.97 Å². The van der Waals surface area contributed by atoms with Crippen LogP contribution in [0, 0.1) is 5.41 Å². The summed E-state index contributed by atoms with van der Waals surface area (Å²) in [6, 6.07) is 7.83. The van der Waals surface area contributed by atoms with E-state index in [0.29, 0.717) is 25.0 Å². The molecule has 0 spiro atoms. The summed E-state index contributed by atoms with van der Waals surface area (Å²) in [5, 5.41) is 3.31. The molecule has 0 saturated carbocycles. The van der Waals surface area contributed by atoms with Crippen molar-refractivity contribution in [3.8, 4) is 5.75 Å². The molecule has 1 aliphatic heterocycles. The van der Waals surface area contributed by atoms with Crippen molar-refractivity contribution >= 4 is 11.8 Å². The molecule has 0 radical (unpaired) electrons. The van der Waals surface area contributed by atoms with Crippen molar-refractivity contribution in [1.82, 2.24) is 5.32 Å². The van der Waals surface area contributed by atoms with Crippen LogP contribution in [0.1, 0.15) is 52.0 Å². The van der Waals surface area contributed by atoms with Crippen molar-refractivity contribution in [2.45, 2.75) is 46.5 Å². The summed E-state index contributed by atoms with van der Waals surface area (Å²) < 4.78 is 10.6. The van der Waals surface area contributed by atoms with E-state index in [1.807, 2.05) is 38.1 Å². The van der Waals surface area contributed by atoms with Gasteiger partial charge in [-0.25, -0.2) is 4.79 Å². The fourth-order valence-electron chi connectivity index (χ4n) is 4.32. The van der Waals surface area contributed by atoms with E-state index in [-0.39, 0.29) is 23.1 Å². The van der Waals surface area contributed by atoms with Crippen LogP contribution in [0.25, 0.3) is 0 Å². The molecule has 144 valence electrons. The van der Waals surface area contributed by atoms with Gasteiger partial charge in [0.25, 0.3) is 0 Å². The Hall–Kier alpha value is -2.56. The number of carbonyl (C=O) groups is 2. The van der Waals surface area contributed by atoms with E-state index in [4.69, 9.17) is 9.47 Å². The molecule has 3 rings (SSSR count). The van der Waals surface area contributed by atoms with Gasteiger partial charge in [0.1, 0.15) is 11.5 Å². The molecule has 1 atom stereocenters. The van der Waals surface area contributed by atoms with E-state index in [9.17, 15) is 9.59 Å². The van der Waals surface area contributed by atoms with Crippen molar-refractivity contribution in [2.75, 3.05) is 13.7 Å². The molecule has 1 heterocycles. The molecule has 0 saturated heterocycles. The second-order valence-electron chi connectivity index (χ2n) is 7.76. The number of hydrogen-bond donors (Lipinski definition) is 1. The predicted molar refractivity (Wildman–Crippen MR) is 103 cm³/mol. The van der Waals surface area contributed by atoms with Gasteiger partial charge in [0.05, 0.1) is 19.3 Å². The van der Waals surface area contributed by atoms with Gasteiger partial charge in [0.2, 0.25) is 0 Å². The maximum atomic E-state index is 12.6. The number of nitrogens with one attached hydrogen (secondary N) is 1. The zero-order valence-corrected chi connectivity index (χ0v) is 16.6. The summed E-state index contributed by atoms with van der Waals surface area (Å²) in [5.74, 6) is 0.416. The van der Waals surface area contributed by atoms with Crippen LogP contribution in [-0.4, -0.2) is 25.5 Å². The molecule has 0 aromatic heterocycles. The normalized spacial score (nSPS) is 21.5. The fraction of sp³-hybridized carbons (Fsp3) is 0.455. The molecule has 1 aromatic carbocycles. The van der Waals surface area contributed by atoms with Gasteiger partial charge in [-0.05, 0) is 42.5 Å². The van der Waals surface area contributed by atoms with Crippen molar-refractivity contribution < 1.29 is 19.1 Å². The second kappa shape index (κ2) is 7.22. The first-order valence-electron chi connectivity index (χ1n) is 9.32. The lowest BCUT2D eigenvalue weighted by molar-refractivity contribution is -0.136. The number of Topliss-reactive ketones (excluding diaryl/α,β-unsaturated/α-hetero) is 1. The average Bonchev–Trinajstić information content (AvgIpc) is 2.60. The Morgan fingerprint density at radius 1 is 1.26 bits per heavy atom. The number of allylic oxidation sites excluding steroid dienone is 3. The molecule has 1 aliphatic carbocycles. The Kier molecular flexibility index (Phi) is 5.13. The van der Waals surface area contributed by atoms with E-state index >= 15 is 0 Å². The van der Waals surface area contributed by atoms with E-state index in [1.165, 1.54) is 7.11 Å². The Labute approximate surface area is 160 Å². The number of benzene rings is 1. The highest BCUT2D eigenvalue weighted by Gasteiger charge is 2.44. The molecule has 0 bridgehead atoms. The van der Waals surface area contributed by atoms with Crippen LogP contribution in [0.15, 0.2) is 46.8 Å². The van der Waals surface area contributed by atoms with Crippen molar-refractivity contribution in [3.05, 3.63) is 52.4 Å². The zero-order valence-electron chi connectivity index (χ0n) is 16.6. The SMILES string of the molecule is CCOc1ccc(C2C(C(=O)OC)=C(C)NC3=C2C(C)(C)CC(=O)C3)cc1. The highest BCUT2D eigenvalue weighted by atomic mass is 16.5. The number of dihydropyridines is 1. The number of rotatable bonds is 4. The first-order chi connectivity index (χ1) is 12.8. The van der Waals surface area contributed by atoms with Crippen LogP contribution in [-0.2, 0) is 14.3 Å². The third kappa shape index (κ3) is 3.51. The molecular formula is C22H27NO4. The molecule has 1 aromatic rings. The number of methoxy groups -OCH3 is 1. The standard InChI is InChI=1S/C22H27NO4/c1-6-27-16-9-7-14(8-10-16)19-18(21(25)26-5)13(2)23-17-11-15(24)12-22(3,4)20(17)19/h7-10,19,23H,6,11-12H2,1-5H3. The molecule has 5 nitrogen and oxygen atoms in total. The predicted octanol–water partition coefficient (Wildman–Crippen LogP) is 3.86. The maximum absolute atomic E-state index is 12.6. The highest BCUT2D eigenvalue weighted by molar-refractivity contribution is 5.94. The van der Waals surface area contributed by atoms with Gasteiger partial charge in [0.15, 0.2) is 0 Å². The van der Waals surface area contributed by atoms with Crippen LogP contribution < -0.4 is 10.1 Å². The number of ketones is 1. The third-order valence-electron chi connectivity index (χ3n) is 5.32. The third-order valence-corrected chi connectivity index (χ3v) is 5.32. The zero-order chi connectivity index (χ0) is 19.8. The minimum atomic E-state index is -0.349. The van der Waals surface area contributed by atoms with Crippen LogP contribution >= 0.6 is 0 Å². The summed E-state index contributed by atoms with van der Waals surface area (Å²) >= 11 is 0. The molecule has 1 unspecified atom stereocenters. The van der Waals surface area contributed by atoms with Gasteiger partial charge in [-0.15, -0.1) is 0 Å². The smallest absolute Gasteiger partial charge is 0.336 e. The average molecular weight is 369 g/mol. The Morgan fingerprint density at radius 3 is 2.52 bits per heavy atom. The topological polar surface area (TPSA) is 64.6 Å². The van der Waals surface area contributed by atoms with Gasteiger partial charge in [-0.2, -0.15) is 0 Å². The molecule has 0 amide bonds. The number of hydrogen-bond acceptors (Lipinski definition) is 5. The monoisotopic (exact) mass is 369 g/mol. The minimum Gasteiger partial charge on any atom is -0.494 e. The number of esters is 1. The van der Waals surface area contributed by atoms with Gasteiger partial charge < -0.3 is 14.8 Å². The largest absolute Gasteiger partial charge is 0.494 e. The molecular weight excluding hydrogens is 342 g/mol. The lowest BCUT2D eigenvalue weighted by atomic mass is 9.64. The Balaban J connectivity index is 2.16. The lowest BCUT2D eigenvalue weighted by Gasteiger charge is -2.43. The fourth-order valence-corrected chi connectivity index (χ4v) is 4.32. The molecule has 1 N–H and O–H groups in total. The molecule has 2 aliphatic rings. The summed E-state index contributed by atoms with van der Waals surface area (Å²) in [5.41, 5.74) is 4.00. The Morgan fingerprint density at radius 2 is 1.93 bits per heavy atom. The van der Waals surface area contributed by atoms with Crippen LogP contribution in [0.5, 0.6) is 5.75 Å². The number of carbonyl (C=O) groups excluding carboxylic acids is 2. The minimum absolute atomic E-state index is 0.214. The van der Waals surface area contributed by atoms with Crippen LogP contribution in [0.4, 0.5) is 0 Å². The summed E-state index contributed by atoms with van der Waals surface area (Å²) in [6.07, 6.45) is 0.840. The molecule has 27 heavy (non-hydrogen) atoms. The first kappa shape index (κ1) is 19.2. The highest BCUT2D eigenvalue weighted by Crippen LogP contribution is 2.51. The van der Waals surface area contributed by atoms with Crippen molar-refractivity contribution in [1.29, 1.82) is 0 Å². The summed E-state index contributed by atoms with van der Waals surface area (Å²) in [7, 11) is 1.40. The van der Waals surface area contributed by atoms with E-state index in [0.717, 1.165) is 28.3 Å².